The van der Waals surface area contributed by atoms with Crippen molar-refractivity contribution < 1.29 is 9.59 Å². The highest BCUT2D eigenvalue weighted by molar-refractivity contribution is 6.35. The van der Waals surface area contributed by atoms with Gasteiger partial charge in [0.05, 0.1) is 0 Å². The maximum Gasteiger partial charge on any atom is 0.327 e. The number of hydrogen-bond donors (Lipinski definition) is 3. The van der Waals surface area contributed by atoms with Crippen LogP contribution in [0.3, 0.4) is 0 Å². The molecule has 0 saturated heterocycles. The molecule has 1 aromatic carbocycles. The van der Waals surface area contributed by atoms with Gasteiger partial charge >= 0.3 is 12.1 Å². The van der Waals surface area contributed by atoms with Crippen LogP contribution in [0.2, 0.25) is 10.0 Å². The van der Waals surface area contributed by atoms with Gasteiger partial charge in [-0.2, -0.15) is 0 Å². The first-order valence-corrected chi connectivity index (χ1v) is 4.56. The Labute approximate surface area is 95.5 Å². The fourth-order valence-electron chi connectivity index (χ4n) is 0.900. The Hall–Kier alpha value is -1.46. The molecule has 0 aliphatic heterocycles. The summed E-state index contributed by atoms with van der Waals surface area (Å²) in [6.07, 6.45) is 0. The Balaban J connectivity index is 2.72. The summed E-state index contributed by atoms with van der Waals surface area (Å²) >= 11 is 11.4. The molecule has 0 spiro atoms. The number of amides is 4. The van der Waals surface area contributed by atoms with Crippen LogP contribution < -0.4 is 16.4 Å². The molecule has 0 saturated carbocycles. The van der Waals surface area contributed by atoms with Crippen molar-refractivity contribution in [1.82, 2.24) is 5.32 Å². The average molecular weight is 248 g/mol. The standard InChI is InChI=1S/C8H7Cl2N3O2/c9-4-1-5(10)3-6(2-4)12-8(15)13-7(11)14/h1-3H,(H4,11,12,13,14,15). The maximum absolute atomic E-state index is 11.0. The lowest BCUT2D eigenvalue weighted by molar-refractivity contribution is 0.238. The largest absolute Gasteiger partial charge is 0.351 e. The zero-order chi connectivity index (χ0) is 11.4. The lowest BCUT2D eigenvalue weighted by Gasteiger charge is -2.05. The second-order valence-electron chi connectivity index (χ2n) is 2.60. The van der Waals surface area contributed by atoms with Crippen LogP contribution in [0.4, 0.5) is 15.3 Å². The molecule has 0 fully saturated rings. The highest BCUT2D eigenvalue weighted by Crippen LogP contribution is 2.22. The van der Waals surface area contributed by atoms with Crippen LogP contribution in [0.15, 0.2) is 18.2 Å². The number of carbonyl (C=O) groups excluding carboxylic acids is 2. The summed E-state index contributed by atoms with van der Waals surface area (Å²) < 4.78 is 0. The topological polar surface area (TPSA) is 84.2 Å². The number of hydrogen-bond acceptors (Lipinski definition) is 2. The van der Waals surface area contributed by atoms with Crippen LogP contribution in [-0.2, 0) is 0 Å². The second-order valence-corrected chi connectivity index (χ2v) is 3.47. The van der Waals surface area contributed by atoms with Gasteiger partial charge in [0.1, 0.15) is 0 Å². The molecule has 0 atom stereocenters. The Morgan fingerprint density at radius 3 is 2.13 bits per heavy atom. The van der Waals surface area contributed by atoms with Crippen LogP contribution in [0.5, 0.6) is 0 Å². The monoisotopic (exact) mass is 247 g/mol. The van der Waals surface area contributed by atoms with E-state index in [1.807, 2.05) is 5.32 Å². The predicted octanol–water partition coefficient (Wildman–Crippen LogP) is 2.19. The molecule has 80 valence electrons. The minimum atomic E-state index is -0.944. The molecular weight excluding hydrogens is 241 g/mol. The van der Waals surface area contributed by atoms with E-state index in [1.165, 1.54) is 18.2 Å². The van der Waals surface area contributed by atoms with Gasteiger partial charge in [0.15, 0.2) is 0 Å². The SMILES string of the molecule is NC(=O)NC(=O)Nc1cc(Cl)cc(Cl)c1. The van der Waals surface area contributed by atoms with Gasteiger partial charge in [-0.1, -0.05) is 23.2 Å². The Bertz CT molecular complexity index is 389. The summed E-state index contributed by atoms with van der Waals surface area (Å²) in [5, 5.41) is 4.91. The second kappa shape index (κ2) is 4.86. The van der Waals surface area contributed by atoms with Crippen LogP contribution >= 0.6 is 23.2 Å². The van der Waals surface area contributed by atoms with Gasteiger partial charge in [-0.15, -0.1) is 0 Å². The van der Waals surface area contributed by atoms with Crippen molar-refractivity contribution in [2.75, 3.05) is 5.32 Å². The van der Waals surface area contributed by atoms with Gasteiger partial charge < -0.3 is 11.1 Å². The zero-order valence-electron chi connectivity index (χ0n) is 7.38. The van der Waals surface area contributed by atoms with Gasteiger partial charge in [0, 0.05) is 15.7 Å². The summed E-state index contributed by atoms with van der Waals surface area (Å²) in [5.41, 5.74) is 5.11. The van der Waals surface area contributed by atoms with Crippen LogP contribution in [0.1, 0.15) is 0 Å². The normalized spacial score (nSPS) is 9.47. The molecule has 0 bridgehead atoms. The number of imide groups is 1. The molecule has 0 aliphatic carbocycles. The molecule has 0 aromatic heterocycles. The number of carbonyl (C=O) groups is 2. The number of anilines is 1. The summed E-state index contributed by atoms with van der Waals surface area (Å²) in [6.45, 7) is 0. The number of urea groups is 2. The summed E-state index contributed by atoms with van der Waals surface area (Å²) in [7, 11) is 0. The van der Waals surface area contributed by atoms with E-state index in [0.717, 1.165) is 0 Å². The summed E-state index contributed by atoms with van der Waals surface area (Å²) in [5.74, 6) is 0. The molecule has 1 rings (SSSR count). The van der Waals surface area contributed by atoms with Crippen molar-refractivity contribution in [1.29, 1.82) is 0 Å². The number of benzene rings is 1. The van der Waals surface area contributed by atoms with Crippen molar-refractivity contribution in [3.63, 3.8) is 0 Å². The molecular formula is C8H7Cl2N3O2. The third-order valence-corrected chi connectivity index (χ3v) is 1.79. The molecule has 7 heteroatoms. The Kier molecular flexibility index (Phi) is 3.76. The number of nitrogens with one attached hydrogen (secondary N) is 2. The van der Waals surface area contributed by atoms with Crippen molar-refractivity contribution in [3.05, 3.63) is 28.2 Å². The first kappa shape index (κ1) is 11.6. The highest BCUT2D eigenvalue weighted by Gasteiger charge is 2.05. The van der Waals surface area contributed by atoms with E-state index in [2.05, 4.69) is 5.32 Å². The van der Waals surface area contributed by atoms with E-state index in [0.29, 0.717) is 15.7 Å². The quantitative estimate of drug-likeness (QED) is 0.711. The molecule has 15 heavy (non-hydrogen) atoms. The fraction of sp³-hybridized carbons (Fsp3) is 0. The lowest BCUT2D eigenvalue weighted by Crippen LogP contribution is -2.38. The van der Waals surface area contributed by atoms with Crippen molar-refractivity contribution in [3.8, 4) is 0 Å². The summed E-state index contributed by atoms with van der Waals surface area (Å²) in [6, 6.07) is 2.78. The van der Waals surface area contributed by atoms with E-state index < -0.39 is 12.1 Å². The van der Waals surface area contributed by atoms with Crippen LogP contribution in [-0.4, -0.2) is 12.1 Å². The van der Waals surface area contributed by atoms with Crippen LogP contribution in [0, 0.1) is 0 Å². The molecule has 0 heterocycles. The van der Waals surface area contributed by atoms with Crippen molar-refractivity contribution in [2.45, 2.75) is 0 Å². The maximum atomic E-state index is 11.0. The Morgan fingerprint density at radius 2 is 1.67 bits per heavy atom. The predicted molar refractivity (Wildman–Crippen MR) is 58.2 cm³/mol. The minimum Gasteiger partial charge on any atom is -0.351 e. The van der Waals surface area contributed by atoms with Crippen LogP contribution in [0.25, 0.3) is 0 Å². The number of halogens is 2. The van der Waals surface area contributed by atoms with Crippen molar-refractivity contribution in [2.24, 2.45) is 5.73 Å². The fourth-order valence-corrected chi connectivity index (χ4v) is 1.43. The summed E-state index contributed by atoms with van der Waals surface area (Å²) in [4.78, 5) is 21.4. The third kappa shape index (κ3) is 4.05. The molecule has 0 unspecified atom stereocenters. The third-order valence-electron chi connectivity index (χ3n) is 1.36. The van der Waals surface area contributed by atoms with E-state index >= 15 is 0 Å². The molecule has 4 N–H and O–H groups in total. The molecule has 4 amide bonds. The van der Waals surface area contributed by atoms with Gasteiger partial charge in [-0.3, -0.25) is 5.32 Å². The average Bonchev–Trinajstić information content (AvgIpc) is 1.98. The highest BCUT2D eigenvalue weighted by atomic mass is 35.5. The zero-order valence-corrected chi connectivity index (χ0v) is 8.89. The smallest absolute Gasteiger partial charge is 0.327 e. The Morgan fingerprint density at radius 1 is 1.13 bits per heavy atom. The van der Waals surface area contributed by atoms with Gasteiger partial charge in [-0.05, 0) is 18.2 Å². The molecule has 5 nitrogen and oxygen atoms in total. The molecule has 0 radical (unpaired) electrons. The van der Waals surface area contributed by atoms with Crippen molar-refractivity contribution >= 4 is 41.0 Å². The lowest BCUT2D eigenvalue weighted by atomic mass is 10.3. The minimum absolute atomic E-state index is 0.367. The number of rotatable bonds is 1. The van der Waals surface area contributed by atoms with E-state index in [9.17, 15) is 9.59 Å². The van der Waals surface area contributed by atoms with E-state index in [4.69, 9.17) is 28.9 Å². The van der Waals surface area contributed by atoms with E-state index in [-0.39, 0.29) is 0 Å². The first-order valence-electron chi connectivity index (χ1n) is 3.81. The van der Waals surface area contributed by atoms with Gasteiger partial charge in [-0.25, -0.2) is 9.59 Å². The van der Waals surface area contributed by atoms with Gasteiger partial charge in [0.2, 0.25) is 0 Å². The number of nitrogens with two attached hydrogens (primary N) is 1. The molecule has 0 aliphatic rings. The number of primary amides is 1. The molecule has 1 aromatic rings. The van der Waals surface area contributed by atoms with E-state index in [1.54, 1.807) is 0 Å². The first-order chi connectivity index (χ1) is 6.97. The van der Waals surface area contributed by atoms with Gasteiger partial charge in [0.25, 0.3) is 0 Å².